The number of aryl methyl sites for hydroxylation is 3. The normalized spacial score (nSPS) is 14.2. The Hall–Kier alpha value is -14.6. The van der Waals surface area contributed by atoms with Gasteiger partial charge in [0.15, 0.2) is 17.1 Å². The van der Waals surface area contributed by atoms with Crippen molar-refractivity contribution in [1.82, 2.24) is 69.0 Å². The summed E-state index contributed by atoms with van der Waals surface area (Å²) in [7, 11) is 0. The van der Waals surface area contributed by atoms with Crippen LogP contribution in [0, 0.1) is 20.8 Å². The van der Waals surface area contributed by atoms with Crippen molar-refractivity contribution in [3.63, 3.8) is 0 Å². The number of aliphatic hydroxyl groups is 3. The molecule has 0 saturated heterocycles. The van der Waals surface area contributed by atoms with Crippen LogP contribution in [0.3, 0.4) is 0 Å². The van der Waals surface area contributed by atoms with Crippen molar-refractivity contribution in [2.45, 2.75) is 228 Å². The number of anilines is 3. The van der Waals surface area contributed by atoms with Crippen LogP contribution < -0.4 is 27.0 Å². The van der Waals surface area contributed by atoms with Gasteiger partial charge in [0.2, 0.25) is 29.5 Å². The quantitative estimate of drug-likeness (QED) is 0.0176. The molecular weight excluding hydrogens is 1820 g/mol. The van der Waals surface area contributed by atoms with Gasteiger partial charge in [-0.3, -0.25) is 57.7 Å². The zero-order chi connectivity index (χ0) is 103. The molecular formula is C112H138N18O14. The van der Waals surface area contributed by atoms with E-state index in [1.54, 1.807) is 144 Å². The Bertz CT molecular complexity index is 6270. The van der Waals surface area contributed by atoms with Gasteiger partial charge >= 0.3 is 0 Å². The van der Waals surface area contributed by atoms with E-state index in [9.17, 15) is 68.1 Å². The number of pyridine rings is 1. The highest BCUT2D eigenvalue weighted by Crippen LogP contribution is 2.36. The van der Waals surface area contributed by atoms with Crippen LogP contribution in [-0.4, -0.2) is 228 Å². The van der Waals surface area contributed by atoms with Crippen LogP contribution in [0.4, 0.5) is 17.1 Å². The average Bonchev–Trinajstić information content (AvgIpc) is 1.37. The number of nitrogens with one attached hydrogen (secondary N) is 4. The van der Waals surface area contributed by atoms with E-state index in [4.69, 9.17) is 21.0 Å². The van der Waals surface area contributed by atoms with Crippen LogP contribution in [0.15, 0.2) is 200 Å². The summed E-state index contributed by atoms with van der Waals surface area (Å²) in [5, 5.41) is 56.5. The molecule has 0 fully saturated rings. The number of rotatable bonds is 42. The van der Waals surface area contributed by atoms with E-state index < -0.39 is 35.9 Å². The van der Waals surface area contributed by atoms with Crippen LogP contribution in [0.2, 0.25) is 0 Å². The van der Waals surface area contributed by atoms with Gasteiger partial charge in [0.05, 0.1) is 84.0 Å². The van der Waals surface area contributed by atoms with Crippen LogP contribution in [-0.2, 0) is 69.3 Å². The molecule has 760 valence electrons. The molecule has 7 heterocycles. The van der Waals surface area contributed by atoms with Crippen LogP contribution in [0.5, 0.6) is 0 Å². The number of carbonyl (C=O) groups excluding carboxylic acids is 11. The number of hydrogen-bond donors (Lipinski definition) is 8. The monoisotopic (exact) mass is 1960 g/mol. The molecule has 0 bridgehead atoms. The topological polar surface area (TPSA) is 408 Å². The van der Waals surface area contributed by atoms with Crippen molar-refractivity contribution in [2.75, 3.05) is 81.6 Å². The summed E-state index contributed by atoms with van der Waals surface area (Å²) in [6.07, 6.45) is 16.0. The number of nitrogens with zero attached hydrogens (tertiary/aromatic N) is 13. The summed E-state index contributed by atoms with van der Waals surface area (Å²) < 4.78 is 4.83. The van der Waals surface area contributed by atoms with Crippen LogP contribution in [0.25, 0.3) is 17.1 Å². The van der Waals surface area contributed by atoms with Crippen molar-refractivity contribution in [2.24, 2.45) is 5.73 Å². The molecule has 1 unspecified atom stereocenters. The Morgan fingerprint density at radius 2 is 0.743 bits per heavy atom. The van der Waals surface area contributed by atoms with Crippen molar-refractivity contribution < 1.29 is 68.1 Å². The number of aromatic nitrogens is 7. The average molecular weight is 1960 g/mol. The minimum Gasteiger partial charge on any atom is -0.394 e. The maximum absolute atomic E-state index is 14.6. The second-order valence-corrected chi connectivity index (χ2v) is 37.2. The van der Waals surface area contributed by atoms with Gasteiger partial charge in [-0.25, -0.2) is 14.0 Å². The van der Waals surface area contributed by atoms with E-state index in [1.165, 1.54) is 6.92 Å². The fraction of sp³-hybridized carbons (Fsp3) is 0.402. The SMILES string of the molecule is CCCCN(CCCC)C(=O)c1cc(C)n(-c2ccc(NC(=O)C(CC(N)=O)c3ccccc3)cc2C(=O)N2Cc3ccccc3C[C@H]2CO)n1.CCCCN(CCCC)C(=O)c1cc(C)n(-c2ccc(NC(=O)CCNC(C)=O)cc2C(=O)N2Cc3ccccc3C[C@H]2CO)n1.CCCCN(CCCC)C(=O)c1cc(C)n(-c2ccc(NC(=O)Cc3cccnc3)cc2C(=O)N2Cc3ccccc3C[C@H]2CO)n1. The number of unbranched alkanes of at least 4 members (excludes halogenated alkanes) is 6. The molecule has 3 aliphatic heterocycles. The lowest BCUT2D eigenvalue weighted by Crippen LogP contribution is -2.46. The van der Waals surface area contributed by atoms with Gasteiger partial charge in [-0.2, -0.15) is 15.3 Å². The van der Waals surface area contributed by atoms with Crippen molar-refractivity contribution in [3.8, 4) is 17.1 Å². The fourth-order valence-corrected chi connectivity index (χ4v) is 18.3. The fourth-order valence-electron chi connectivity index (χ4n) is 18.3. The van der Waals surface area contributed by atoms with Gasteiger partial charge in [0.25, 0.3) is 35.4 Å². The predicted molar refractivity (Wildman–Crippen MR) is 555 cm³/mol. The zero-order valence-corrected chi connectivity index (χ0v) is 84.5. The van der Waals surface area contributed by atoms with E-state index >= 15 is 0 Å². The lowest BCUT2D eigenvalue weighted by molar-refractivity contribution is -0.123. The molecule has 4 aromatic heterocycles. The third-order valence-corrected chi connectivity index (χ3v) is 26.3. The number of primary amides is 1. The highest BCUT2D eigenvalue weighted by atomic mass is 16.3. The molecule has 0 saturated carbocycles. The Balaban J connectivity index is 0.000000193. The standard InChI is InChI=1S/C40H48N6O5.C37H44N6O4.C35H46N6O5/c1-4-6-19-44(20-7-5-2)40(51)35-21-27(3)46(43-35)36-18-17-31(42-38(49)33(24-37(41)48)28-13-9-8-10-14-28)23-34(36)39(50)45-25-30-16-12-11-15-29(30)22-32(45)26-47;1-4-6-17-41(18-7-5-2)37(47)33-19-26(3)43(40-33)34-15-14-30(39-35(45)20-27-11-10-16-38-23-27)22-32(34)36(46)42-24-29-13-9-8-12-28(29)21-31(42)25-44;1-5-7-17-39(18-8-6-2)35(46)31-19-24(3)41(38-31)32-14-13-28(37-33(44)15-16-36-25(4)43)21-30(32)34(45)40-22-27-12-10-9-11-26(27)20-29(40)23-42/h8-18,21,23,32-33,47H,4-7,19-20,22,24-26H2,1-3H3,(H2,41,48)(H,42,49);8-16,19,22-23,31,44H,4-7,17-18,20-21,24-25H2,1-3H3,(H,39,45);9-14,19,21,29,42H,5-8,15-18,20,22-23H2,1-4H3,(H,36,43)(H,37,44)/t32-,33?;31-;29-/m000/s1. The lowest BCUT2D eigenvalue weighted by Gasteiger charge is -2.36. The van der Waals surface area contributed by atoms with Gasteiger partial charge in [-0.05, 0) is 202 Å². The number of aliphatic hydroxyl groups excluding tert-OH is 3. The zero-order valence-electron chi connectivity index (χ0n) is 84.5. The minimum atomic E-state index is -0.842. The van der Waals surface area contributed by atoms with Gasteiger partial charge in [-0.15, -0.1) is 0 Å². The summed E-state index contributed by atoms with van der Waals surface area (Å²) in [5.74, 6) is -4.12. The molecule has 11 aromatic rings. The number of amides is 11. The molecule has 3 aliphatic rings. The van der Waals surface area contributed by atoms with Gasteiger partial charge in [0.1, 0.15) is 0 Å². The maximum atomic E-state index is 14.6. The van der Waals surface area contributed by atoms with Crippen molar-refractivity contribution in [1.29, 1.82) is 0 Å². The second kappa shape index (κ2) is 52.9. The summed E-state index contributed by atoms with van der Waals surface area (Å²) in [5.41, 5.74) is 19.5. The van der Waals surface area contributed by atoms with Crippen LogP contribution >= 0.6 is 0 Å². The van der Waals surface area contributed by atoms with Gasteiger partial charge in [-0.1, -0.05) is 189 Å². The van der Waals surface area contributed by atoms with Gasteiger partial charge in [0, 0.05) is 132 Å². The Kier molecular flexibility index (Phi) is 39.8. The third-order valence-electron chi connectivity index (χ3n) is 26.3. The Morgan fingerprint density at radius 3 is 1.06 bits per heavy atom. The third kappa shape index (κ3) is 28.0. The van der Waals surface area contributed by atoms with Crippen molar-refractivity contribution >= 4 is 82.0 Å². The number of benzene rings is 7. The van der Waals surface area contributed by atoms with E-state index in [0.717, 1.165) is 116 Å². The van der Waals surface area contributed by atoms with E-state index in [-0.39, 0.29) is 122 Å². The Morgan fingerprint density at radius 1 is 0.410 bits per heavy atom. The smallest absolute Gasteiger partial charge is 0.274 e. The first-order valence-electron chi connectivity index (χ1n) is 50.5. The van der Waals surface area contributed by atoms with Gasteiger partial charge < -0.3 is 71.7 Å². The molecule has 14 rings (SSSR count). The molecule has 4 atom stereocenters. The molecule has 32 nitrogen and oxygen atoms in total. The molecule has 0 spiro atoms. The Labute approximate surface area is 843 Å². The second-order valence-electron chi connectivity index (χ2n) is 37.2. The number of nitrogens with two attached hydrogens (primary N) is 1. The van der Waals surface area contributed by atoms with E-state index in [0.29, 0.717) is 145 Å². The molecule has 32 heteroatoms. The molecule has 0 aliphatic carbocycles. The summed E-state index contributed by atoms with van der Waals surface area (Å²) in [4.78, 5) is 162. The summed E-state index contributed by atoms with van der Waals surface area (Å²) >= 11 is 0. The summed E-state index contributed by atoms with van der Waals surface area (Å²) in [6.45, 7) is 23.9. The highest BCUT2D eigenvalue weighted by molar-refractivity contribution is 6.05. The van der Waals surface area contributed by atoms with E-state index in [1.807, 2.05) is 120 Å². The van der Waals surface area contributed by atoms with Crippen LogP contribution in [0.1, 0.15) is 268 Å². The molecule has 144 heavy (non-hydrogen) atoms. The largest absolute Gasteiger partial charge is 0.394 e. The first-order chi connectivity index (χ1) is 69.6. The minimum absolute atomic E-state index is 0.0659. The first-order valence-corrected chi connectivity index (χ1v) is 50.5. The summed E-state index contributed by atoms with van der Waals surface area (Å²) in [6, 6.07) is 55.2. The lowest BCUT2D eigenvalue weighted by atomic mass is 9.93. The predicted octanol–water partition coefficient (Wildman–Crippen LogP) is 15.0. The molecule has 11 amide bonds. The molecule has 9 N–H and O–H groups in total. The maximum Gasteiger partial charge on any atom is 0.274 e. The molecule has 0 radical (unpaired) electrons. The molecule has 7 aromatic carbocycles. The highest BCUT2D eigenvalue weighted by Gasteiger charge is 2.38. The number of hydrogen-bond acceptors (Lipinski definition) is 18. The van der Waals surface area contributed by atoms with Crippen molar-refractivity contribution in [3.05, 3.63) is 296 Å². The number of fused-ring (bicyclic) bond motifs is 3. The first kappa shape index (κ1) is 108. The van der Waals surface area contributed by atoms with E-state index in [2.05, 4.69) is 67.8 Å². The number of carbonyl (C=O) groups is 11.